The van der Waals surface area contributed by atoms with Crippen LogP contribution in [0.4, 0.5) is 10.8 Å². The van der Waals surface area contributed by atoms with E-state index in [2.05, 4.69) is 47.2 Å². The van der Waals surface area contributed by atoms with Gasteiger partial charge in [-0.1, -0.05) is 31.2 Å². The van der Waals surface area contributed by atoms with Gasteiger partial charge in [0.25, 0.3) is 0 Å². The first kappa shape index (κ1) is 21.4. The molecule has 166 valence electrons. The van der Waals surface area contributed by atoms with Crippen LogP contribution >= 0.6 is 23.6 Å². The number of nitrogens with one attached hydrogen (secondary N) is 2. The third kappa shape index (κ3) is 4.39. The van der Waals surface area contributed by atoms with E-state index in [-0.39, 0.29) is 0 Å². The smallest absolute Gasteiger partial charge is 0.189 e. The number of thiazole rings is 1. The molecule has 0 spiro atoms. The van der Waals surface area contributed by atoms with Gasteiger partial charge >= 0.3 is 0 Å². The van der Waals surface area contributed by atoms with E-state index in [4.69, 9.17) is 21.9 Å². The number of hydrogen-bond acceptors (Lipinski definition) is 4. The van der Waals surface area contributed by atoms with E-state index in [1.165, 1.54) is 37.8 Å². The summed E-state index contributed by atoms with van der Waals surface area (Å²) in [5, 5.41) is 10.0. The molecule has 2 aromatic carbocycles. The topological polar surface area (TPSA) is 46.2 Å². The number of aromatic nitrogens is 1. The number of thiocarbonyl (C=S) groups is 1. The zero-order valence-electron chi connectivity index (χ0n) is 18.6. The Morgan fingerprint density at radius 1 is 1.09 bits per heavy atom. The monoisotopic (exact) mass is 463 g/mol. The number of ether oxygens (including phenoxy) is 1. The molecule has 0 aliphatic heterocycles. The summed E-state index contributed by atoms with van der Waals surface area (Å²) in [7, 11) is 1.66. The van der Waals surface area contributed by atoms with Gasteiger partial charge in [-0.05, 0) is 91.0 Å². The van der Waals surface area contributed by atoms with Crippen LogP contribution in [0.15, 0.2) is 53.9 Å². The predicted molar refractivity (Wildman–Crippen MR) is 137 cm³/mol. The Hall–Kier alpha value is -2.44. The summed E-state index contributed by atoms with van der Waals surface area (Å²) in [5.41, 5.74) is 5.67. The first-order valence-electron chi connectivity index (χ1n) is 11.3. The molecule has 0 saturated heterocycles. The van der Waals surface area contributed by atoms with Crippen molar-refractivity contribution >= 4 is 39.5 Å². The molecule has 2 aliphatic rings. The molecule has 0 amide bonds. The van der Waals surface area contributed by atoms with Gasteiger partial charge in [-0.2, -0.15) is 0 Å². The molecule has 3 aromatic rings. The Bertz CT molecular complexity index is 1100. The molecule has 1 heterocycles. The van der Waals surface area contributed by atoms with Crippen LogP contribution in [-0.2, 0) is 12.8 Å². The molecule has 1 atom stereocenters. The van der Waals surface area contributed by atoms with Crippen LogP contribution in [-0.4, -0.2) is 17.2 Å². The van der Waals surface area contributed by atoms with Crippen LogP contribution in [0.2, 0.25) is 0 Å². The van der Waals surface area contributed by atoms with E-state index in [9.17, 15) is 0 Å². The van der Waals surface area contributed by atoms with E-state index in [1.807, 2.05) is 24.3 Å². The summed E-state index contributed by atoms with van der Waals surface area (Å²) in [6, 6.07) is 16.7. The van der Waals surface area contributed by atoms with Crippen LogP contribution in [0.25, 0.3) is 0 Å². The normalized spacial score (nSPS) is 24.2. The molecule has 6 heteroatoms. The van der Waals surface area contributed by atoms with E-state index in [0.717, 1.165) is 22.5 Å². The van der Waals surface area contributed by atoms with Crippen molar-refractivity contribution in [3.63, 3.8) is 0 Å². The summed E-state index contributed by atoms with van der Waals surface area (Å²) < 4.78 is 5.20. The fourth-order valence-electron chi connectivity index (χ4n) is 5.37. The highest BCUT2D eigenvalue weighted by molar-refractivity contribution is 7.80. The standard InChI is InChI=1S/C26H29N3OS2/c1-26(20-8-7-17-5-3-4-6-18(17)13-20)14-19(15-26)23-16-32-25(28-23)29-24(31)27-21-9-11-22(30-2)12-10-21/h3-6,9-12,16,19-20H,7-8,13-15H2,1-2H3,(H2,27,28,29,31). The Balaban J connectivity index is 1.15. The van der Waals surface area contributed by atoms with Gasteiger partial charge in [-0.25, -0.2) is 4.98 Å². The summed E-state index contributed by atoms with van der Waals surface area (Å²) in [6.07, 6.45) is 6.24. The molecule has 2 N–H and O–H groups in total. The fourth-order valence-corrected chi connectivity index (χ4v) is 6.44. The second-order valence-electron chi connectivity index (χ2n) is 9.35. The second-order valence-corrected chi connectivity index (χ2v) is 10.6. The molecule has 1 fully saturated rings. The van der Waals surface area contributed by atoms with Crippen molar-refractivity contribution in [3.8, 4) is 5.75 Å². The van der Waals surface area contributed by atoms with E-state index >= 15 is 0 Å². The van der Waals surface area contributed by atoms with Crippen molar-refractivity contribution in [2.75, 3.05) is 17.7 Å². The molecule has 2 aliphatic carbocycles. The van der Waals surface area contributed by atoms with Crippen molar-refractivity contribution in [1.29, 1.82) is 0 Å². The number of nitrogens with zero attached hydrogens (tertiary/aromatic N) is 1. The number of anilines is 2. The maximum absolute atomic E-state index is 5.46. The van der Waals surface area contributed by atoms with Crippen LogP contribution < -0.4 is 15.4 Å². The summed E-state index contributed by atoms with van der Waals surface area (Å²) >= 11 is 7.09. The minimum Gasteiger partial charge on any atom is -0.497 e. The molecule has 1 aromatic heterocycles. The fraction of sp³-hybridized carbons (Fsp3) is 0.385. The quantitative estimate of drug-likeness (QED) is 0.415. The van der Waals surface area contributed by atoms with Gasteiger partial charge < -0.3 is 15.4 Å². The minimum atomic E-state index is 0.431. The Labute approximate surface area is 199 Å². The van der Waals surface area contributed by atoms with Gasteiger partial charge in [0.15, 0.2) is 10.2 Å². The number of methoxy groups -OCH3 is 1. The van der Waals surface area contributed by atoms with Gasteiger partial charge in [0.05, 0.1) is 12.8 Å². The first-order valence-corrected chi connectivity index (χ1v) is 12.6. The largest absolute Gasteiger partial charge is 0.497 e. The van der Waals surface area contributed by atoms with Crippen molar-refractivity contribution in [1.82, 2.24) is 4.98 Å². The SMILES string of the molecule is COc1ccc(NC(=S)Nc2nc(C3CC(C)(C4CCc5ccccc5C4)C3)cs2)cc1. The van der Waals surface area contributed by atoms with Crippen LogP contribution in [0.1, 0.15) is 48.9 Å². The highest BCUT2D eigenvalue weighted by Gasteiger charge is 2.47. The lowest BCUT2D eigenvalue weighted by atomic mass is 9.53. The van der Waals surface area contributed by atoms with Crippen LogP contribution in [0.3, 0.4) is 0 Å². The number of rotatable bonds is 5. The van der Waals surface area contributed by atoms with Gasteiger partial charge in [0.2, 0.25) is 0 Å². The van der Waals surface area contributed by atoms with E-state index in [0.29, 0.717) is 16.4 Å². The third-order valence-corrected chi connectivity index (χ3v) is 8.25. The van der Waals surface area contributed by atoms with Gasteiger partial charge in [-0.3, -0.25) is 0 Å². The summed E-state index contributed by atoms with van der Waals surface area (Å²) in [4.78, 5) is 4.85. The summed E-state index contributed by atoms with van der Waals surface area (Å²) in [5.74, 6) is 2.17. The molecule has 0 bridgehead atoms. The molecule has 4 nitrogen and oxygen atoms in total. The number of hydrogen-bond donors (Lipinski definition) is 2. The molecule has 0 radical (unpaired) electrons. The third-order valence-electron chi connectivity index (χ3n) is 7.27. The second kappa shape index (κ2) is 8.83. The molecular weight excluding hydrogens is 434 g/mol. The zero-order chi connectivity index (χ0) is 22.1. The molecule has 1 saturated carbocycles. The molecular formula is C26H29N3OS2. The van der Waals surface area contributed by atoms with Crippen molar-refractivity contribution in [2.45, 2.75) is 44.9 Å². The van der Waals surface area contributed by atoms with E-state index in [1.54, 1.807) is 29.6 Å². The minimum absolute atomic E-state index is 0.431. The maximum atomic E-state index is 5.46. The number of benzene rings is 2. The molecule has 5 rings (SSSR count). The highest BCUT2D eigenvalue weighted by Crippen LogP contribution is 2.57. The van der Waals surface area contributed by atoms with Gasteiger partial charge in [0, 0.05) is 17.0 Å². The average molecular weight is 464 g/mol. The Kier molecular flexibility index (Phi) is 5.91. The van der Waals surface area contributed by atoms with E-state index < -0.39 is 0 Å². The Morgan fingerprint density at radius 2 is 1.84 bits per heavy atom. The first-order chi connectivity index (χ1) is 15.5. The predicted octanol–water partition coefficient (Wildman–Crippen LogP) is 6.65. The van der Waals surface area contributed by atoms with Crippen molar-refractivity contribution in [3.05, 3.63) is 70.7 Å². The average Bonchev–Trinajstić information content (AvgIpc) is 3.25. The highest BCUT2D eigenvalue weighted by atomic mass is 32.1. The molecule has 1 unspecified atom stereocenters. The number of aryl methyl sites for hydroxylation is 1. The van der Waals surface area contributed by atoms with Crippen molar-refractivity contribution < 1.29 is 4.74 Å². The lowest BCUT2D eigenvalue weighted by Crippen LogP contribution is -2.42. The Morgan fingerprint density at radius 3 is 2.59 bits per heavy atom. The maximum Gasteiger partial charge on any atom is 0.189 e. The number of fused-ring (bicyclic) bond motifs is 1. The molecule has 32 heavy (non-hydrogen) atoms. The van der Waals surface area contributed by atoms with Gasteiger partial charge in [-0.15, -0.1) is 11.3 Å². The zero-order valence-corrected chi connectivity index (χ0v) is 20.2. The summed E-state index contributed by atoms with van der Waals surface area (Å²) in [6.45, 7) is 2.49. The van der Waals surface area contributed by atoms with Crippen LogP contribution in [0.5, 0.6) is 5.75 Å². The lowest BCUT2D eigenvalue weighted by molar-refractivity contribution is 0.0370. The van der Waals surface area contributed by atoms with Gasteiger partial charge in [0.1, 0.15) is 5.75 Å². The van der Waals surface area contributed by atoms with Crippen LogP contribution in [0, 0.1) is 11.3 Å². The lowest BCUT2D eigenvalue weighted by Gasteiger charge is -2.51. The van der Waals surface area contributed by atoms with Crippen molar-refractivity contribution in [2.24, 2.45) is 11.3 Å².